The van der Waals surface area contributed by atoms with Crippen molar-refractivity contribution in [1.82, 2.24) is 20.3 Å². The van der Waals surface area contributed by atoms with Crippen LogP contribution < -0.4 is 15.8 Å². The topological polar surface area (TPSA) is 73.9 Å². The molecule has 0 unspecified atom stereocenters. The standard InChI is InChI=1S/C16H20FN5O/c1-10(2)12-9-22(8-7-19-12)15-13(17)16(23)21-14(20-15)11-3-5-18-6-4-11/h3-6,10,12,19H,7-9H2,1-2H3,(H,20,21,23)/t12-/m1/s1. The lowest BCUT2D eigenvalue weighted by Gasteiger charge is -2.36. The number of nitrogens with one attached hydrogen (secondary N) is 2. The summed E-state index contributed by atoms with van der Waals surface area (Å²) in [5, 5.41) is 3.41. The van der Waals surface area contributed by atoms with Crippen LogP contribution in [0, 0.1) is 11.7 Å². The Hall–Kier alpha value is -2.28. The first-order chi connectivity index (χ1) is 11.1. The molecule has 0 aliphatic carbocycles. The van der Waals surface area contributed by atoms with Crippen LogP contribution in [0.1, 0.15) is 13.8 Å². The van der Waals surface area contributed by atoms with E-state index in [9.17, 15) is 9.18 Å². The van der Waals surface area contributed by atoms with Gasteiger partial charge in [0.25, 0.3) is 5.56 Å². The highest BCUT2D eigenvalue weighted by Crippen LogP contribution is 2.21. The number of pyridine rings is 1. The van der Waals surface area contributed by atoms with Gasteiger partial charge < -0.3 is 15.2 Å². The normalized spacial score (nSPS) is 18.4. The molecule has 2 aromatic rings. The van der Waals surface area contributed by atoms with Gasteiger partial charge in [-0.1, -0.05) is 13.8 Å². The molecule has 0 saturated carbocycles. The lowest BCUT2D eigenvalue weighted by atomic mass is 10.0. The maximum atomic E-state index is 14.3. The first kappa shape index (κ1) is 15.6. The highest BCUT2D eigenvalue weighted by molar-refractivity contribution is 5.56. The van der Waals surface area contributed by atoms with Crippen molar-refractivity contribution in [3.8, 4) is 11.4 Å². The van der Waals surface area contributed by atoms with E-state index in [1.165, 1.54) is 0 Å². The molecular weight excluding hydrogens is 297 g/mol. The molecule has 1 aliphatic rings. The van der Waals surface area contributed by atoms with Crippen LogP contribution >= 0.6 is 0 Å². The van der Waals surface area contributed by atoms with Crippen LogP contribution in [-0.4, -0.2) is 40.6 Å². The molecule has 0 bridgehead atoms. The molecule has 1 fully saturated rings. The van der Waals surface area contributed by atoms with Crippen molar-refractivity contribution in [3.63, 3.8) is 0 Å². The fraction of sp³-hybridized carbons (Fsp3) is 0.438. The number of rotatable bonds is 3. The van der Waals surface area contributed by atoms with E-state index in [0.717, 1.165) is 6.54 Å². The van der Waals surface area contributed by atoms with Gasteiger partial charge in [0.15, 0.2) is 5.82 Å². The number of halogens is 1. The first-order valence-corrected chi connectivity index (χ1v) is 7.75. The third-order valence-corrected chi connectivity index (χ3v) is 4.11. The fourth-order valence-electron chi connectivity index (χ4n) is 2.72. The Balaban J connectivity index is 1.99. The van der Waals surface area contributed by atoms with Gasteiger partial charge in [-0.2, -0.15) is 4.39 Å². The third-order valence-electron chi connectivity index (χ3n) is 4.11. The summed E-state index contributed by atoms with van der Waals surface area (Å²) in [4.78, 5) is 24.6. The monoisotopic (exact) mass is 317 g/mol. The van der Waals surface area contributed by atoms with Gasteiger partial charge in [-0.05, 0) is 18.1 Å². The second-order valence-corrected chi connectivity index (χ2v) is 6.04. The van der Waals surface area contributed by atoms with Gasteiger partial charge >= 0.3 is 0 Å². The molecule has 1 aliphatic heterocycles. The number of anilines is 1. The Morgan fingerprint density at radius 1 is 1.35 bits per heavy atom. The molecule has 1 saturated heterocycles. The van der Waals surface area contributed by atoms with Crippen molar-refractivity contribution in [2.45, 2.75) is 19.9 Å². The van der Waals surface area contributed by atoms with E-state index in [0.29, 0.717) is 30.4 Å². The van der Waals surface area contributed by atoms with Crippen molar-refractivity contribution < 1.29 is 4.39 Å². The fourth-order valence-corrected chi connectivity index (χ4v) is 2.72. The van der Waals surface area contributed by atoms with Crippen LogP contribution in [0.5, 0.6) is 0 Å². The molecule has 0 spiro atoms. The lowest BCUT2D eigenvalue weighted by Crippen LogP contribution is -2.53. The zero-order valence-electron chi connectivity index (χ0n) is 13.2. The number of hydrogen-bond acceptors (Lipinski definition) is 5. The number of aromatic nitrogens is 3. The van der Waals surface area contributed by atoms with Crippen LogP contribution in [-0.2, 0) is 0 Å². The molecule has 122 valence electrons. The predicted molar refractivity (Wildman–Crippen MR) is 86.9 cm³/mol. The summed E-state index contributed by atoms with van der Waals surface area (Å²) in [6.07, 6.45) is 3.22. The second-order valence-electron chi connectivity index (χ2n) is 6.04. The summed E-state index contributed by atoms with van der Waals surface area (Å²) >= 11 is 0. The number of H-pyrrole nitrogens is 1. The number of aromatic amines is 1. The van der Waals surface area contributed by atoms with E-state index >= 15 is 0 Å². The summed E-state index contributed by atoms with van der Waals surface area (Å²) in [7, 11) is 0. The number of piperazine rings is 1. The van der Waals surface area contributed by atoms with E-state index < -0.39 is 11.4 Å². The van der Waals surface area contributed by atoms with Gasteiger partial charge in [0, 0.05) is 43.6 Å². The Kier molecular flexibility index (Phi) is 4.38. The van der Waals surface area contributed by atoms with E-state index in [1.807, 2.05) is 4.90 Å². The maximum absolute atomic E-state index is 14.3. The summed E-state index contributed by atoms with van der Waals surface area (Å²) < 4.78 is 14.3. The molecule has 23 heavy (non-hydrogen) atoms. The Bertz CT molecular complexity index is 731. The Labute approximate surface area is 133 Å². The van der Waals surface area contributed by atoms with E-state index in [1.54, 1.807) is 24.5 Å². The zero-order valence-corrected chi connectivity index (χ0v) is 13.2. The molecule has 1 atom stereocenters. The minimum atomic E-state index is -0.827. The SMILES string of the molecule is CC(C)[C@H]1CN(c2nc(-c3ccncc3)[nH]c(=O)c2F)CCN1. The second kappa shape index (κ2) is 6.45. The van der Waals surface area contributed by atoms with Gasteiger partial charge in [0.05, 0.1) is 0 Å². The van der Waals surface area contributed by atoms with E-state index in [-0.39, 0.29) is 11.9 Å². The summed E-state index contributed by atoms with van der Waals surface area (Å²) in [6, 6.07) is 3.71. The molecule has 0 amide bonds. The van der Waals surface area contributed by atoms with Gasteiger partial charge in [-0.3, -0.25) is 9.78 Å². The van der Waals surface area contributed by atoms with Crippen molar-refractivity contribution in [2.24, 2.45) is 5.92 Å². The molecule has 0 aromatic carbocycles. The molecule has 7 heteroatoms. The van der Waals surface area contributed by atoms with Gasteiger partial charge in [-0.15, -0.1) is 0 Å². The summed E-state index contributed by atoms with van der Waals surface area (Å²) in [5.41, 5.74) is -0.0460. The molecule has 3 rings (SSSR count). The number of nitrogens with zero attached hydrogens (tertiary/aromatic N) is 3. The van der Waals surface area contributed by atoms with Crippen molar-refractivity contribution >= 4 is 5.82 Å². The average Bonchev–Trinajstić information content (AvgIpc) is 2.58. The molecule has 2 aromatic heterocycles. The van der Waals surface area contributed by atoms with Crippen molar-refractivity contribution in [2.75, 3.05) is 24.5 Å². The van der Waals surface area contributed by atoms with Crippen LogP contribution in [0.15, 0.2) is 29.3 Å². The average molecular weight is 317 g/mol. The van der Waals surface area contributed by atoms with Gasteiger partial charge in [0.2, 0.25) is 5.82 Å². The van der Waals surface area contributed by atoms with Crippen LogP contribution in [0.3, 0.4) is 0 Å². The minimum absolute atomic E-state index is 0.118. The van der Waals surface area contributed by atoms with Crippen molar-refractivity contribution in [3.05, 3.63) is 40.7 Å². The minimum Gasteiger partial charge on any atom is -0.351 e. The molecule has 0 radical (unpaired) electrons. The van der Waals surface area contributed by atoms with Crippen LogP contribution in [0.2, 0.25) is 0 Å². The smallest absolute Gasteiger partial charge is 0.289 e. The van der Waals surface area contributed by atoms with Gasteiger partial charge in [0.1, 0.15) is 5.82 Å². The maximum Gasteiger partial charge on any atom is 0.289 e. The molecule has 2 N–H and O–H groups in total. The number of hydrogen-bond donors (Lipinski definition) is 2. The van der Waals surface area contributed by atoms with Crippen LogP contribution in [0.4, 0.5) is 10.2 Å². The molecule has 3 heterocycles. The van der Waals surface area contributed by atoms with Crippen LogP contribution in [0.25, 0.3) is 11.4 Å². The Morgan fingerprint density at radius 2 is 2.09 bits per heavy atom. The summed E-state index contributed by atoms with van der Waals surface area (Å²) in [5.74, 6) is 0.0656. The molecule has 6 nitrogen and oxygen atoms in total. The van der Waals surface area contributed by atoms with Crippen molar-refractivity contribution in [1.29, 1.82) is 0 Å². The highest BCUT2D eigenvalue weighted by atomic mass is 19.1. The third kappa shape index (κ3) is 3.24. The van der Waals surface area contributed by atoms with E-state index in [4.69, 9.17) is 0 Å². The quantitative estimate of drug-likeness (QED) is 0.895. The highest BCUT2D eigenvalue weighted by Gasteiger charge is 2.26. The largest absolute Gasteiger partial charge is 0.351 e. The summed E-state index contributed by atoms with van der Waals surface area (Å²) in [6.45, 7) is 6.21. The lowest BCUT2D eigenvalue weighted by molar-refractivity contribution is 0.365. The zero-order chi connectivity index (χ0) is 16.4. The molecular formula is C16H20FN5O. The van der Waals surface area contributed by atoms with E-state index in [2.05, 4.69) is 34.1 Å². The predicted octanol–water partition coefficient (Wildman–Crippen LogP) is 1.41. The first-order valence-electron chi connectivity index (χ1n) is 7.75. The van der Waals surface area contributed by atoms with Gasteiger partial charge in [-0.25, -0.2) is 4.98 Å². The Morgan fingerprint density at radius 3 is 2.78 bits per heavy atom.